The molecule has 6 heterocycles. The number of piperidine rings is 1. The van der Waals surface area contributed by atoms with Crippen molar-refractivity contribution in [3.63, 3.8) is 0 Å². The SMILES string of the molecule is Cc1cc2c(N3CCCc4cc(-c5ccc(C(=O)NCc6cc(-c7cccc8c7CN(C7CCC(=O)NC7=O)C8=O)nn6C)nc5)c(C(F)F)cc43)cc(C(C)C)cc2n(C)c1=O. The van der Waals surface area contributed by atoms with Gasteiger partial charge >= 0.3 is 0 Å². The fourth-order valence-electron chi connectivity index (χ4n) is 9.19. The van der Waals surface area contributed by atoms with Gasteiger partial charge in [0.1, 0.15) is 11.7 Å². The normalized spacial score (nSPS) is 16.3. The van der Waals surface area contributed by atoms with Crippen LogP contribution in [0.25, 0.3) is 33.3 Å². The number of nitrogens with one attached hydrogen (secondary N) is 2. The van der Waals surface area contributed by atoms with E-state index in [4.69, 9.17) is 0 Å². The molecule has 2 N–H and O–H groups in total. The van der Waals surface area contributed by atoms with Crippen molar-refractivity contribution in [1.29, 1.82) is 0 Å². The predicted octanol–water partition coefficient (Wildman–Crippen LogP) is 7.15. The van der Waals surface area contributed by atoms with E-state index in [2.05, 4.69) is 45.5 Å². The van der Waals surface area contributed by atoms with Gasteiger partial charge in [-0.2, -0.15) is 5.10 Å². The monoisotopic (exact) mass is 852 g/mol. The van der Waals surface area contributed by atoms with Gasteiger partial charge in [0, 0.05) is 78.7 Å². The van der Waals surface area contributed by atoms with Crippen LogP contribution in [0.5, 0.6) is 0 Å². The molecule has 4 amide bonds. The molecule has 0 aliphatic carbocycles. The number of rotatable bonds is 9. The van der Waals surface area contributed by atoms with E-state index < -0.39 is 24.3 Å². The molecule has 1 saturated heterocycles. The Kier molecular flexibility index (Phi) is 10.5. The molecule has 6 aromatic rings. The van der Waals surface area contributed by atoms with Gasteiger partial charge in [0.2, 0.25) is 11.8 Å². The van der Waals surface area contributed by atoms with Crippen molar-refractivity contribution in [1.82, 2.24) is 34.9 Å². The topological polar surface area (TPSA) is 152 Å². The van der Waals surface area contributed by atoms with Crippen LogP contribution in [-0.4, -0.2) is 60.4 Å². The van der Waals surface area contributed by atoms with Crippen molar-refractivity contribution in [2.45, 2.75) is 77.9 Å². The van der Waals surface area contributed by atoms with E-state index in [1.54, 1.807) is 54.5 Å². The lowest BCUT2D eigenvalue weighted by Gasteiger charge is -2.34. The fraction of sp³-hybridized carbons (Fsp3) is 0.312. The number of nitrogens with zero attached hydrogens (tertiary/aromatic N) is 6. The minimum atomic E-state index is -2.79. The summed E-state index contributed by atoms with van der Waals surface area (Å²) in [6, 6.07) is 19.0. The van der Waals surface area contributed by atoms with Gasteiger partial charge < -0.3 is 19.7 Å². The Morgan fingerprint density at radius 1 is 0.937 bits per heavy atom. The van der Waals surface area contributed by atoms with E-state index in [9.17, 15) is 24.0 Å². The summed E-state index contributed by atoms with van der Waals surface area (Å²) < 4.78 is 33.3. The predicted molar refractivity (Wildman–Crippen MR) is 234 cm³/mol. The second-order valence-corrected chi connectivity index (χ2v) is 16.9. The lowest BCUT2D eigenvalue weighted by molar-refractivity contribution is -0.136. The number of alkyl halides is 2. The van der Waals surface area contributed by atoms with Crippen LogP contribution in [-0.2, 0) is 43.2 Å². The first kappa shape index (κ1) is 41.3. The molecule has 9 rings (SSSR count). The summed E-state index contributed by atoms with van der Waals surface area (Å²) in [5.74, 6) is -1.41. The third kappa shape index (κ3) is 7.34. The maximum absolute atomic E-state index is 15.0. The Hall–Kier alpha value is -7.03. The Bertz CT molecular complexity index is 2960. The quantitative estimate of drug-likeness (QED) is 0.146. The molecule has 1 atom stereocenters. The Morgan fingerprint density at radius 3 is 2.46 bits per heavy atom. The minimum Gasteiger partial charge on any atom is -0.345 e. The van der Waals surface area contributed by atoms with Crippen LogP contribution in [0, 0.1) is 6.92 Å². The van der Waals surface area contributed by atoms with Gasteiger partial charge in [0.15, 0.2) is 0 Å². The van der Waals surface area contributed by atoms with Gasteiger partial charge in [-0.1, -0.05) is 32.0 Å². The molecule has 15 heteroatoms. The molecule has 3 aromatic heterocycles. The molecule has 1 fully saturated rings. The van der Waals surface area contributed by atoms with Crippen LogP contribution in [0.4, 0.5) is 20.2 Å². The third-order valence-electron chi connectivity index (χ3n) is 12.7. The Morgan fingerprint density at radius 2 is 1.73 bits per heavy atom. The molecule has 1 unspecified atom stereocenters. The first-order valence-corrected chi connectivity index (χ1v) is 21.1. The van der Waals surface area contributed by atoms with Crippen molar-refractivity contribution >= 4 is 45.9 Å². The van der Waals surface area contributed by atoms with Crippen LogP contribution >= 0.6 is 0 Å². The highest BCUT2D eigenvalue weighted by atomic mass is 19.3. The molecule has 3 aromatic carbocycles. The number of hydrogen-bond donors (Lipinski definition) is 2. The van der Waals surface area contributed by atoms with Gasteiger partial charge in [-0.25, -0.2) is 8.78 Å². The second-order valence-electron chi connectivity index (χ2n) is 16.9. The van der Waals surface area contributed by atoms with Crippen molar-refractivity contribution in [3.8, 4) is 22.4 Å². The Labute approximate surface area is 361 Å². The number of hydrogen-bond acceptors (Lipinski definition) is 8. The van der Waals surface area contributed by atoms with E-state index in [0.29, 0.717) is 52.3 Å². The van der Waals surface area contributed by atoms with Gasteiger partial charge in [0.25, 0.3) is 23.8 Å². The summed E-state index contributed by atoms with van der Waals surface area (Å²) in [5, 5.41) is 10.8. The number of halogens is 2. The van der Waals surface area contributed by atoms with E-state index in [1.807, 2.05) is 30.3 Å². The zero-order chi connectivity index (χ0) is 44.4. The number of benzene rings is 3. The summed E-state index contributed by atoms with van der Waals surface area (Å²) in [4.78, 5) is 72.1. The van der Waals surface area contributed by atoms with Crippen molar-refractivity contribution in [3.05, 3.63) is 128 Å². The van der Waals surface area contributed by atoms with Gasteiger partial charge in [-0.05, 0) is 103 Å². The number of imide groups is 1. The molecule has 3 aliphatic rings. The van der Waals surface area contributed by atoms with Crippen LogP contribution in [0.15, 0.2) is 77.7 Å². The standard InChI is InChI=1S/C48H46F2N8O5/c1-25(2)29-18-41-35(16-26(3)47(62)55(41)4)42(19-29)57-15-7-8-27-17-33(34(44(49)50)21-40(27)57)28-11-12-37(51-22-28)45(60)52-23-30-20-38(54-56(30)5)31-9-6-10-32-36(31)24-58(48(32)63)39-13-14-43(59)53-46(39)61/h6,9-12,16-22,25,39,44H,7-8,13-15,23-24H2,1-5H3,(H,52,60)(H,53,59,61). The zero-order valence-electron chi connectivity index (χ0n) is 35.6. The number of carbonyl (C=O) groups is 4. The lowest BCUT2D eigenvalue weighted by atomic mass is 9.91. The molecule has 0 saturated carbocycles. The maximum Gasteiger partial charge on any atom is 0.270 e. The van der Waals surface area contributed by atoms with E-state index in [1.165, 1.54) is 17.2 Å². The number of fused-ring (bicyclic) bond motifs is 3. The van der Waals surface area contributed by atoms with Crippen LogP contribution in [0.2, 0.25) is 0 Å². The minimum absolute atomic E-state index is 0.0759. The first-order chi connectivity index (χ1) is 30.2. The van der Waals surface area contributed by atoms with Crippen molar-refractivity contribution in [2.24, 2.45) is 14.1 Å². The lowest BCUT2D eigenvalue weighted by Crippen LogP contribution is -2.52. The molecule has 0 bridgehead atoms. The molecule has 13 nitrogen and oxygen atoms in total. The number of anilines is 2. The molecule has 0 spiro atoms. The van der Waals surface area contributed by atoms with Crippen molar-refractivity contribution < 1.29 is 28.0 Å². The average molecular weight is 853 g/mol. The van der Waals surface area contributed by atoms with E-state index in [-0.39, 0.29) is 60.5 Å². The molecular formula is C48H46F2N8O5. The highest BCUT2D eigenvalue weighted by Crippen LogP contribution is 2.44. The van der Waals surface area contributed by atoms with Gasteiger partial charge in [-0.15, -0.1) is 0 Å². The molecule has 0 radical (unpaired) electrons. The molecular weight excluding hydrogens is 807 g/mol. The Balaban J connectivity index is 0.939. The summed E-state index contributed by atoms with van der Waals surface area (Å²) >= 11 is 0. The third-order valence-corrected chi connectivity index (χ3v) is 12.7. The molecule has 322 valence electrons. The molecule has 3 aliphatic heterocycles. The number of amides is 4. The largest absolute Gasteiger partial charge is 0.345 e. The first-order valence-electron chi connectivity index (χ1n) is 21.1. The highest BCUT2D eigenvalue weighted by molar-refractivity contribution is 6.06. The van der Waals surface area contributed by atoms with E-state index >= 15 is 8.78 Å². The highest BCUT2D eigenvalue weighted by Gasteiger charge is 2.40. The van der Waals surface area contributed by atoms with Gasteiger partial charge in [0.05, 0.1) is 29.1 Å². The number of carbonyl (C=O) groups excluding carboxylic acids is 4. The van der Waals surface area contributed by atoms with E-state index in [0.717, 1.165) is 45.3 Å². The summed E-state index contributed by atoms with van der Waals surface area (Å²) in [7, 11) is 3.51. The number of pyridine rings is 2. The zero-order valence-corrected chi connectivity index (χ0v) is 35.6. The fourth-order valence-corrected chi connectivity index (χ4v) is 9.19. The summed E-state index contributed by atoms with van der Waals surface area (Å²) in [6.45, 7) is 6.89. The van der Waals surface area contributed by atoms with Crippen molar-refractivity contribution in [2.75, 3.05) is 11.4 Å². The number of aryl methyl sites for hydroxylation is 4. The maximum atomic E-state index is 15.0. The second kappa shape index (κ2) is 16.0. The molecule has 63 heavy (non-hydrogen) atoms. The average Bonchev–Trinajstić information content (AvgIpc) is 3.81. The van der Waals surface area contributed by atoms with Crippen LogP contribution in [0.3, 0.4) is 0 Å². The summed E-state index contributed by atoms with van der Waals surface area (Å²) in [5.41, 5.74) is 8.81. The van der Waals surface area contributed by atoms with Crippen LogP contribution < -0.4 is 21.1 Å². The summed E-state index contributed by atoms with van der Waals surface area (Å²) in [6.07, 6.45) is 0.563. The number of aromatic nitrogens is 4. The smallest absolute Gasteiger partial charge is 0.270 e. The van der Waals surface area contributed by atoms with Gasteiger partial charge in [-0.3, -0.25) is 39.0 Å². The van der Waals surface area contributed by atoms with Crippen LogP contribution in [0.1, 0.15) is 99.8 Å².